The van der Waals surface area contributed by atoms with Gasteiger partial charge in [0.05, 0.1) is 11.5 Å². The topological polar surface area (TPSA) is 60.2 Å². The highest BCUT2D eigenvalue weighted by atomic mass is 35.5. The summed E-state index contributed by atoms with van der Waals surface area (Å²) < 4.78 is 34.9. The highest BCUT2D eigenvalue weighted by Crippen LogP contribution is 2.26. The Morgan fingerprint density at radius 2 is 1.75 bits per heavy atom. The van der Waals surface area contributed by atoms with Crippen LogP contribution in [-0.4, -0.2) is 32.1 Å². The minimum Gasteiger partial charge on any atom is -0.328 e. The van der Waals surface area contributed by atoms with Crippen LogP contribution < -0.4 is 5.73 Å². The molecule has 0 saturated carbocycles. The molecular formula is C6H13ClFNO2S. The third-order valence-corrected chi connectivity index (χ3v) is 3.74. The lowest BCUT2D eigenvalue weighted by atomic mass is 10.00. The summed E-state index contributed by atoms with van der Waals surface area (Å²) in [6.45, 7) is -0.0669. The fraction of sp³-hybridized carbons (Fsp3) is 1.00. The molecule has 1 rings (SSSR count). The van der Waals surface area contributed by atoms with Gasteiger partial charge in [0.1, 0.15) is 5.67 Å². The number of rotatable bonds is 1. The Kier molecular flexibility index (Phi) is 3.93. The SMILES string of the molecule is Cl.NCC1(F)CCS(=O)(=O)CC1. The maximum Gasteiger partial charge on any atom is 0.150 e. The Morgan fingerprint density at radius 3 is 2.08 bits per heavy atom. The average Bonchev–Trinajstić information content (AvgIpc) is 1.97. The number of alkyl halides is 1. The van der Waals surface area contributed by atoms with E-state index in [9.17, 15) is 12.8 Å². The molecule has 1 aliphatic rings. The molecule has 0 spiro atoms. The van der Waals surface area contributed by atoms with Gasteiger partial charge < -0.3 is 5.73 Å². The zero-order chi connectivity index (χ0) is 8.54. The molecule has 1 heterocycles. The maximum atomic E-state index is 13.3. The molecule has 2 N–H and O–H groups in total. The van der Waals surface area contributed by atoms with Gasteiger partial charge >= 0.3 is 0 Å². The smallest absolute Gasteiger partial charge is 0.150 e. The second-order valence-electron chi connectivity index (χ2n) is 3.01. The van der Waals surface area contributed by atoms with Gasteiger partial charge in [-0.3, -0.25) is 0 Å². The minimum atomic E-state index is -2.96. The summed E-state index contributed by atoms with van der Waals surface area (Å²) >= 11 is 0. The van der Waals surface area contributed by atoms with Gasteiger partial charge in [-0.2, -0.15) is 0 Å². The van der Waals surface area contributed by atoms with Crippen LogP contribution in [0.3, 0.4) is 0 Å². The van der Waals surface area contributed by atoms with E-state index >= 15 is 0 Å². The lowest BCUT2D eigenvalue weighted by Crippen LogP contribution is -2.41. The van der Waals surface area contributed by atoms with Crippen molar-refractivity contribution in [2.24, 2.45) is 5.73 Å². The highest BCUT2D eigenvalue weighted by Gasteiger charge is 2.35. The fourth-order valence-electron chi connectivity index (χ4n) is 1.11. The molecule has 3 nitrogen and oxygen atoms in total. The van der Waals surface area contributed by atoms with Crippen molar-refractivity contribution in [3.8, 4) is 0 Å². The van der Waals surface area contributed by atoms with Crippen LogP contribution in [0.5, 0.6) is 0 Å². The van der Waals surface area contributed by atoms with Crippen LogP contribution in [0.4, 0.5) is 4.39 Å². The van der Waals surface area contributed by atoms with Gasteiger partial charge in [0.15, 0.2) is 9.84 Å². The summed E-state index contributed by atoms with van der Waals surface area (Å²) in [6.07, 6.45) is 0.123. The van der Waals surface area contributed by atoms with Gasteiger partial charge in [-0.05, 0) is 12.8 Å². The molecule has 0 atom stereocenters. The van der Waals surface area contributed by atoms with Gasteiger partial charge in [-0.25, -0.2) is 12.8 Å². The van der Waals surface area contributed by atoms with Crippen molar-refractivity contribution in [3.63, 3.8) is 0 Å². The van der Waals surface area contributed by atoms with Crippen LogP contribution in [0.15, 0.2) is 0 Å². The Bertz CT molecular complexity index is 228. The molecule has 1 fully saturated rings. The van der Waals surface area contributed by atoms with Crippen molar-refractivity contribution in [1.29, 1.82) is 0 Å². The first-order valence-electron chi connectivity index (χ1n) is 3.57. The second-order valence-corrected chi connectivity index (χ2v) is 5.31. The summed E-state index contributed by atoms with van der Waals surface area (Å²) in [5.74, 6) is -0.110. The van der Waals surface area contributed by atoms with Crippen LogP contribution in [-0.2, 0) is 9.84 Å². The molecule has 0 aromatic heterocycles. The van der Waals surface area contributed by atoms with Gasteiger partial charge in [-0.15, -0.1) is 12.4 Å². The molecule has 0 aliphatic carbocycles. The van der Waals surface area contributed by atoms with Crippen molar-refractivity contribution in [2.45, 2.75) is 18.5 Å². The molecule has 12 heavy (non-hydrogen) atoms. The molecular weight excluding hydrogens is 205 g/mol. The van der Waals surface area contributed by atoms with E-state index in [0.717, 1.165) is 0 Å². The Balaban J connectivity index is 0.00000121. The molecule has 0 aromatic rings. The Labute approximate surface area is 77.8 Å². The van der Waals surface area contributed by atoms with E-state index in [-0.39, 0.29) is 43.3 Å². The van der Waals surface area contributed by atoms with Crippen LogP contribution in [0, 0.1) is 0 Å². The normalized spacial score (nSPS) is 25.8. The first-order chi connectivity index (χ1) is 4.97. The van der Waals surface area contributed by atoms with E-state index < -0.39 is 15.5 Å². The third kappa shape index (κ3) is 2.88. The molecule has 1 aliphatic heterocycles. The van der Waals surface area contributed by atoms with Gasteiger partial charge in [0.2, 0.25) is 0 Å². The Hall–Kier alpha value is 0.130. The first kappa shape index (κ1) is 12.1. The third-order valence-electron chi connectivity index (χ3n) is 2.09. The highest BCUT2D eigenvalue weighted by molar-refractivity contribution is 7.91. The monoisotopic (exact) mass is 217 g/mol. The molecule has 0 aromatic carbocycles. The molecule has 74 valence electrons. The van der Waals surface area contributed by atoms with Crippen molar-refractivity contribution in [1.82, 2.24) is 0 Å². The average molecular weight is 218 g/mol. The molecule has 0 amide bonds. The largest absolute Gasteiger partial charge is 0.328 e. The zero-order valence-corrected chi connectivity index (χ0v) is 8.26. The van der Waals surface area contributed by atoms with Gasteiger partial charge in [0, 0.05) is 6.54 Å². The predicted octanol–water partition coefficient (Wildman–Crippen LogP) is 0.284. The second kappa shape index (κ2) is 3.89. The predicted molar refractivity (Wildman–Crippen MR) is 48.0 cm³/mol. The summed E-state index contributed by atoms with van der Waals surface area (Å²) in [5.41, 5.74) is 3.73. The van der Waals surface area contributed by atoms with E-state index in [0.29, 0.717) is 0 Å². The van der Waals surface area contributed by atoms with Crippen LogP contribution in [0.2, 0.25) is 0 Å². The van der Waals surface area contributed by atoms with Gasteiger partial charge in [0.25, 0.3) is 0 Å². The van der Waals surface area contributed by atoms with Crippen LogP contribution in [0.1, 0.15) is 12.8 Å². The summed E-state index contributed by atoms with van der Waals surface area (Å²) in [6, 6.07) is 0. The van der Waals surface area contributed by atoms with Gasteiger partial charge in [-0.1, -0.05) is 0 Å². The Morgan fingerprint density at radius 1 is 1.33 bits per heavy atom. The molecule has 0 bridgehead atoms. The van der Waals surface area contributed by atoms with Crippen molar-refractivity contribution in [3.05, 3.63) is 0 Å². The number of hydrogen-bond acceptors (Lipinski definition) is 3. The molecule has 0 unspecified atom stereocenters. The van der Waals surface area contributed by atoms with Crippen molar-refractivity contribution < 1.29 is 12.8 Å². The lowest BCUT2D eigenvalue weighted by Gasteiger charge is -2.27. The quantitative estimate of drug-likeness (QED) is 0.687. The van der Waals surface area contributed by atoms with E-state index in [1.807, 2.05) is 0 Å². The number of halogens is 2. The summed E-state index contributed by atoms with van der Waals surface area (Å²) in [5, 5.41) is 0. The van der Waals surface area contributed by atoms with E-state index in [1.165, 1.54) is 0 Å². The molecule has 1 saturated heterocycles. The number of nitrogens with two attached hydrogens (primary N) is 1. The van der Waals surface area contributed by atoms with E-state index in [2.05, 4.69) is 0 Å². The molecule has 0 radical (unpaired) electrons. The molecule has 6 heteroatoms. The lowest BCUT2D eigenvalue weighted by molar-refractivity contribution is 0.157. The first-order valence-corrected chi connectivity index (χ1v) is 5.39. The maximum absolute atomic E-state index is 13.3. The van der Waals surface area contributed by atoms with Crippen molar-refractivity contribution in [2.75, 3.05) is 18.1 Å². The standard InChI is InChI=1S/C6H12FNO2S.ClH/c7-6(5-8)1-3-11(9,10)4-2-6;/h1-5,8H2;1H. The zero-order valence-electron chi connectivity index (χ0n) is 6.62. The van der Waals surface area contributed by atoms with Crippen molar-refractivity contribution >= 4 is 22.2 Å². The number of sulfone groups is 1. The summed E-state index contributed by atoms with van der Waals surface area (Å²) in [4.78, 5) is 0. The van der Waals surface area contributed by atoms with E-state index in [4.69, 9.17) is 5.73 Å². The fourth-order valence-corrected chi connectivity index (χ4v) is 2.67. The summed E-state index contributed by atoms with van der Waals surface area (Å²) in [7, 11) is -2.96. The minimum absolute atomic E-state index is 0. The van der Waals surface area contributed by atoms with Crippen LogP contribution in [0.25, 0.3) is 0 Å². The van der Waals surface area contributed by atoms with Crippen LogP contribution >= 0.6 is 12.4 Å². The van der Waals surface area contributed by atoms with E-state index in [1.54, 1.807) is 0 Å². The number of hydrogen-bond donors (Lipinski definition) is 1.